The van der Waals surface area contributed by atoms with E-state index < -0.39 is 5.97 Å². The SMILES string of the molecule is NC1CCC(n2cc(-c3ccccc3)c(Cc3cnccc3C(=O)O)n2)CC1. The lowest BCUT2D eigenvalue weighted by molar-refractivity contribution is 0.0695. The zero-order chi connectivity index (χ0) is 19.5. The van der Waals surface area contributed by atoms with Crippen molar-refractivity contribution >= 4 is 5.97 Å². The minimum atomic E-state index is -0.945. The molecule has 1 aromatic carbocycles. The number of nitrogens with two attached hydrogens (primary N) is 1. The molecule has 6 nitrogen and oxygen atoms in total. The average molecular weight is 376 g/mol. The Bertz CT molecular complexity index is 960. The van der Waals surface area contributed by atoms with Gasteiger partial charge in [-0.15, -0.1) is 0 Å². The molecule has 0 atom stereocenters. The molecule has 0 aliphatic heterocycles. The molecule has 0 unspecified atom stereocenters. The maximum Gasteiger partial charge on any atom is 0.336 e. The van der Waals surface area contributed by atoms with Gasteiger partial charge in [-0.25, -0.2) is 4.79 Å². The standard InChI is InChI=1S/C22H24N4O2/c23-17-6-8-18(9-7-17)26-14-20(15-4-2-1-3-5-15)21(25-26)12-16-13-24-11-10-19(16)22(27)28/h1-5,10-11,13-14,17-18H,6-9,12,23H2,(H,27,28). The number of rotatable bonds is 5. The third kappa shape index (κ3) is 3.82. The van der Waals surface area contributed by atoms with Crippen LogP contribution in [0, 0.1) is 0 Å². The number of benzene rings is 1. The zero-order valence-electron chi connectivity index (χ0n) is 15.7. The predicted octanol–water partition coefficient (Wildman–Crippen LogP) is 3.68. The van der Waals surface area contributed by atoms with Gasteiger partial charge in [-0.2, -0.15) is 5.10 Å². The molecular weight excluding hydrogens is 352 g/mol. The summed E-state index contributed by atoms with van der Waals surface area (Å²) < 4.78 is 2.06. The molecule has 0 radical (unpaired) electrons. The van der Waals surface area contributed by atoms with Crippen molar-refractivity contribution in [3.05, 3.63) is 71.8 Å². The fraction of sp³-hybridized carbons (Fsp3) is 0.318. The summed E-state index contributed by atoms with van der Waals surface area (Å²) in [4.78, 5) is 15.7. The molecule has 1 aliphatic rings. The summed E-state index contributed by atoms with van der Waals surface area (Å²) in [6.07, 6.45) is 9.71. The van der Waals surface area contributed by atoms with Gasteiger partial charge < -0.3 is 10.8 Å². The van der Waals surface area contributed by atoms with Crippen LogP contribution in [0.25, 0.3) is 11.1 Å². The smallest absolute Gasteiger partial charge is 0.336 e. The van der Waals surface area contributed by atoms with Crippen LogP contribution in [0.1, 0.15) is 53.3 Å². The minimum Gasteiger partial charge on any atom is -0.478 e. The fourth-order valence-electron chi connectivity index (χ4n) is 3.93. The Labute approximate surface area is 164 Å². The molecule has 4 rings (SSSR count). The van der Waals surface area contributed by atoms with E-state index in [0.29, 0.717) is 18.0 Å². The fourth-order valence-corrected chi connectivity index (χ4v) is 3.93. The van der Waals surface area contributed by atoms with E-state index in [1.807, 2.05) is 18.2 Å². The molecule has 2 aromatic heterocycles. The van der Waals surface area contributed by atoms with Gasteiger partial charge in [0.25, 0.3) is 0 Å². The van der Waals surface area contributed by atoms with Gasteiger partial charge in [0.15, 0.2) is 0 Å². The number of carboxylic acid groups (broad SMARTS) is 1. The minimum absolute atomic E-state index is 0.271. The highest BCUT2D eigenvalue weighted by atomic mass is 16.4. The highest BCUT2D eigenvalue weighted by molar-refractivity contribution is 5.89. The Balaban J connectivity index is 1.72. The van der Waals surface area contributed by atoms with Gasteiger partial charge in [-0.1, -0.05) is 30.3 Å². The Hall–Kier alpha value is -2.99. The zero-order valence-corrected chi connectivity index (χ0v) is 15.7. The van der Waals surface area contributed by atoms with Crippen LogP contribution in [-0.4, -0.2) is 31.9 Å². The molecule has 1 fully saturated rings. The maximum atomic E-state index is 11.6. The quantitative estimate of drug-likeness (QED) is 0.708. The van der Waals surface area contributed by atoms with Gasteiger partial charge in [0.05, 0.1) is 17.3 Å². The van der Waals surface area contributed by atoms with Gasteiger partial charge in [0.1, 0.15) is 0 Å². The molecule has 0 amide bonds. The molecule has 6 heteroatoms. The molecule has 0 saturated heterocycles. The Kier molecular flexibility index (Phi) is 5.21. The number of carbonyl (C=O) groups is 1. The number of aromatic nitrogens is 3. The summed E-state index contributed by atoms with van der Waals surface area (Å²) in [6.45, 7) is 0. The average Bonchev–Trinajstić information content (AvgIpc) is 3.13. The van der Waals surface area contributed by atoms with Crippen molar-refractivity contribution < 1.29 is 9.90 Å². The van der Waals surface area contributed by atoms with E-state index >= 15 is 0 Å². The van der Waals surface area contributed by atoms with E-state index in [9.17, 15) is 9.90 Å². The second-order valence-electron chi connectivity index (χ2n) is 7.42. The van der Waals surface area contributed by atoms with Crippen LogP contribution in [0.5, 0.6) is 0 Å². The first-order chi connectivity index (χ1) is 13.6. The summed E-state index contributed by atoms with van der Waals surface area (Å²) >= 11 is 0. The second kappa shape index (κ2) is 7.94. The number of hydrogen-bond acceptors (Lipinski definition) is 4. The number of nitrogens with zero attached hydrogens (tertiary/aromatic N) is 3. The molecule has 0 bridgehead atoms. The molecule has 0 spiro atoms. The summed E-state index contributed by atoms with van der Waals surface area (Å²) in [5.74, 6) is -0.945. The maximum absolute atomic E-state index is 11.6. The predicted molar refractivity (Wildman–Crippen MR) is 107 cm³/mol. The van der Waals surface area contributed by atoms with Crippen molar-refractivity contribution in [2.75, 3.05) is 0 Å². The molecule has 144 valence electrons. The Morgan fingerprint density at radius 2 is 1.89 bits per heavy atom. The highest BCUT2D eigenvalue weighted by Crippen LogP contribution is 2.32. The van der Waals surface area contributed by atoms with Crippen LogP contribution in [0.2, 0.25) is 0 Å². The van der Waals surface area contributed by atoms with E-state index in [2.05, 4.69) is 28.0 Å². The van der Waals surface area contributed by atoms with Crippen molar-refractivity contribution in [2.24, 2.45) is 5.73 Å². The Morgan fingerprint density at radius 3 is 2.61 bits per heavy atom. The van der Waals surface area contributed by atoms with Crippen LogP contribution >= 0.6 is 0 Å². The topological polar surface area (TPSA) is 94.0 Å². The van der Waals surface area contributed by atoms with Crippen LogP contribution < -0.4 is 5.73 Å². The summed E-state index contributed by atoms with van der Waals surface area (Å²) in [6, 6.07) is 12.3. The van der Waals surface area contributed by atoms with Crippen molar-refractivity contribution in [1.82, 2.24) is 14.8 Å². The van der Waals surface area contributed by atoms with Crippen LogP contribution in [0.3, 0.4) is 0 Å². The largest absolute Gasteiger partial charge is 0.478 e. The van der Waals surface area contributed by atoms with E-state index in [0.717, 1.165) is 42.5 Å². The van der Waals surface area contributed by atoms with Crippen LogP contribution in [-0.2, 0) is 6.42 Å². The van der Waals surface area contributed by atoms with Crippen molar-refractivity contribution in [1.29, 1.82) is 0 Å². The number of carboxylic acids is 1. The van der Waals surface area contributed by atoms with E-state index in [1.54, 1.807) is 12.3 Å². The highest BCUT2D eigenvalue weighted by Gasteiger charge is 2.23. The molecule has 3 aromatic rings. The van der Waals surface area contributed by atoms with Gasteiger partial charge in [-0.05, 0) is 42.9 Å². The lowest BCUT2D eigenvalue weighted by Gasteiger charge is -2.26. The normalized spacial score (nSPS) is 19.5. The third-order valence-corrected chi connectivity index (χ3v) is 5.50. The van der Waals surface area contributed by atoms with Crippen molar-refractivity contribution in [2.45, 2.75) is 44.2 Å². The summed E-state index contributed by atoms with van der Waals surface area (Å²) in [5.41, 5.74) is 9.99. The first-order valence-electron chi connectivity index (χ1n) is 9.67. The second-order valence-corrected chi connectivity index (χ2v) is 7.42. The summed E-state index contributed by atoms with van der Waals surface area (Å²) in [7, 11) is 0. The van der Waals surface area contributed by atoms with Gasteiger partial charge >= 0.3 is 5.97 Å². The lowest BCUT2D eigenvalue weighted by Crippen LogP contribution is -2.28. The van der Waals surface area contributed by atoms with Gasteiger partial charge in [0.2, 0.25) is 0 Å². The molecule has 3 N–H and O–H groups in total. The Morgan fingerprint density at radius 1 is 1.14 bits per heavy atom. The first kappa shape index (κ1) is 18.4. The molecule has 2 heterocycles. The lowest BCUT2D eigenvalue weighted by atomic mass is 9.92. The number of hydrogen-bond donors (Lipinski definition) is 2. The van der Waals surface area contributed by atoms with Crippen molar-refractivity contribution in [3.8, 4) is 11.1 Å². The number of aromatic carboxylic acids is 1. The molecule has 1 saturated carbocycles. The van der Waals surface area contributed by atoms with Crippen LogP contribution in [0.4, 0.5) is 0 Å². The molecular formula is C22H24N4O2. The monoisotopic (exact) mass is 376 g/mol. The van der Waals surface area contributed by atoms with E-state index in [4.69, 9.17) is 10.8 Å². The van der Waals surface area contributed by atoms with Crippen LogP contribution in [0.15, 0.2) is 55.0 Å². The van der Waals surface area contributed by atoms with Crippen molar-refractivity contribution in [3.63, 3.8) is 0 Å². The van der Waals surface area contributed by atoms with Gasteiger partial charge in [-0.3, -0.25) is 9.67 Å². The molecule has 28 heavy (non-hydrogen) atoms. The molecule has 1 aliphatic carbocycles. The third-order valence-electron chi connectivity index (χ3n) is 5.50. The summed E-state index contributed by atoms with van der Waals surface area (Å²) in [5, 5.41) is 14.4. The van der Waals surface area contributed by atoms with Gasteiger partial charge in [0, 0.05) is 36.6 Å². The first-order valence-corrected chi connectivity index (χ1v) is 9.67. The van der Waals surface area contributed by atoms with E-state index in [1.165, 1.54) is 6.20 Å². The number of pyridine rings is 1. The van der Waals surface area contributed by atoms with E-state index in [-0.39, 0.29) is 11.6 Å².